The minimum atomic E-state index is -0.940. The summed E-state index contributed by atoms with van der Waals surface area (Å²) in [4.78, 5) is 14.0. The first-order valence-electron chi connectivity index (χ1n) is 5.60. The van der Waals surface area contributed by atoms with Crippen LogP contribution in [-0.2, 0) is 4.79 Å². The number of carboxylic acid groups (broad SMARTS) is 1. The van der Waals surface area contributed by atoms with Gasteiger partial charge in [-0.05, 0) is 44.0 Å². The van der Waals surface area contributed by atoms with Crippen LogP contribution in [0.2, 0.25) is 5.15 Å². The zero-order valence-electron chi connectivity index (χ0n) is 10.5. The van der Waals surface area contributed by atoms with Crippen LogP contribution in [0.4, 0.5) is 0 Å². The molecule has 1 aromatic heterocycles. The lowest BCUT2D eigenvalue weighted by Gasteiger charge is -2.01. The van der Waals surface area contributed by atoms with E-state index in [9.17, 15) is 4.79 Å². The first kappa shape index (κ1) is 12.7. The van der Waals surface area contributed by atoms with Crippen molar-refractivity contribution in [2.45, 2.75) is 20.8 Å². The number of aromatic amines is 1. The average molecular weight is 264 g/mol. The van der Waals surface area contributed by atoms with E-state index in [0.717, 1.165) is 27.6 Å². The highest BCUT2D eigenvalue weighted by atomic mass is 35.5. The summed E-state index contributed by atoms with van der Waals surface area (Å²) in [5.74, 6) is -0.940. The molecule has 0 spiro atoms. The van der Waals surface area contributed by atoms with Crippen LogP contribution in [-0.4, -0.2) is 16.1 Å². The van der Waals surface area contributed by atoms with E-state index in [1.807, 2.05) is 19.9 Å². The second kappa shape index (κ2) is 4.50. The van der Waals surface area contributed by atoms with Gasteiger partial charge in [0.05, 0.1) is 0 Å². The number of halogens is 1. The number of aliphatic carboxylic acids is 1. The van der Waals surface area contributed by atoms with E-state index in [1.165, 1.54) is 0 Å². The Morgan fingerprint density at radius 2 is 2.06 bits per heavy atom. The molecule has 94 valence electrons. The summed E-state index contributed by atoms with van der Waals surface area (Å²) in [5.41, 5.74) is 4.16. The van der Waals surface area contributed by atoms with Gasteiger partial charge in [0, 0.05) is 22.0 Å². The SMILES string of the molecule is C/C(=C\c1c(Cl)[nH]c2cc(C)cc(C)c12)C(=O)O. The molecule has 0 amide bonds. The molecule has 2 aromatic rings. The fourth-order valence-corrected chi connectivity index (χ4v) is 2.38. The maximum atomic E-state index is 10.9. The second-order valence-corrected chi connectivity index (χ2v) is 4.87. The summed E-state index contributed by atoms with van der Waals surface area (Å²) in [6.45, 7) is 5.56. The van der Waals surface area contributed by atoms with Crippen molar-refractivity contribution >= 4 is 34.5 Å². The Balaban J connectivity index is 2.75. The standard InChI is InChI=1S/C14H14ClNO2/c1-7-4-8(2)12-10(6-9(3)14(17)18)13(15)16-11(12)5-7/h4-6,16H,1-3H3,(H,17,18)/b9-6+. The van der Waals surface area contributed by atoms with Gasteiger partial charge in [0.1, 0.15) is 5.15 Å². The number of carbonyl (C=O) groups is 1. The second-order valence-electron chi connectivity index (χ2n) is 4.49. The van der Waals surface area contributed by atoms with Crippen molar-refractivity contribution in [1.82, 2.24) is 4.98 Å². The van der Waals surface area contributed by atoms with Crippen molar-refractivity contribution < 1.29 is 9.90 Å². The number of benzene rings is 1. The van der Waals surface area contributed by atoms with Crippen LogP contribution in [0, 0.1) is 13.8 Å². The molecule has 0 saturated carbocycles. The van der Waals surface area contributed by atoms with Crippen molar-refractivity contribution in [3.05, 3.63) is 39.5 Å². The predicted molar refractivity (Wildman–Crippen MR) is 74.1 cm³/mol. The molecule has 1 aromatic carbocycles. The highest BCUT2D eigenvalue weighted by molar-refractivity contribution is 6.33. The van der Waals surface area contributed by atoms with Crippen molar-refractivity contribution in [1.29, 1.82) is 0 Å². The number of aromatic nitrogens is 1. The highest BCUT2D eigenvalue weighted by Gasteiger charge is 2.12. The molecule has 0 atom stereocenters. The van der Waals surface area contributed by atoms with E-state index >= 15 is 0 Å². The number of hydrogen-bond donors (Lipinski definition) is 2. The molecule has 2 rings (SSSR count). The van der Waals surface area contributed by atoms with Crippen LogP contribution >= 0.6 is 11.6 Å². The van der Waals surface area contributed by atoms with Gasteiger partial charge < -0.3 is 10.1 Å². The topological polar surface area (TPSA) is 53.1 Å². The lowest BCUT2D eigenvalue weighted by molar-refractivity contribution is -0.132. The lowest BCUT2D eigenvalue weighted by Crippen LogP contribution is -1.95. The van der Waals surface area contributed by atoms with E-state index < -0.39 is 5.97 Å². The van der Waals surface area contributed by atoms with Crippen molar-refractivity contribution in [3.8, 4) is 0 Å². The number of nitrogens with one attached hydrogen (secondary N) is 1. The maximum absolute atomic E-state index is 10.9. The van der Waals surface area contributed by atoms with Crippen molar-refractivity contribution in [2.75, 3.05) is 0 Å². The van der Waals surface area contributed by atoms with Gasteiger partial charge in [-0.25, -0.2) is 4.79 Å². The summed E-state index contributed by atoms with van der Waals surface area (Å²) < 4.78 is 0. The molecule has 0 radical (unpaired) electrons. The number of rotatable bonds is 2. The normalized spacial score (nSPS) is 12.1. The van der Waals surface area contributed by atoms with Gasteiger partial charge in [-0.1, -0.05) is 17.7 Å². The number of hydrogen-bond acceptors (Lipinski definition) is 1. The van der Waals surface area contributed by atoms with Crippen LogP contribution < -0.4 is 0 Å². The molecule has 0 aliphatic carbocycles. The van der Waals surface area contributed by atoms with E-state index in [-0.39, 0.29) is 5.57 Å². The molecule has 0 saturated heterocycles. The number of H-pyrrole nitrogens is 1. The zero-order chi connectivity index (χ0) is 13.4. The summed E-state index contributed by atoms with van der Waals surface area (Å²) in [6.07, 6.45) is 1.60. The van der Waals surface area contributed by atoms with E-state index in [0.29, 0.717) is 5.15 Å². The first-order chi connectivity index (χ1) is 8.40. The Morgan fingerprint density at radius 1 is 1.39 bits per heavy atom. The molecule has 3 nitrogen and oxygen atoms in total. The Kier molecular flexibility index (Phi) is 3.18. The third-order valence-electron chi connectivity index (χ3n) is 2.93. The molecule has 2 N–H and O–H groups in total. The average Bonchev–Trinajstić information content (AvgIpc) is 2.54. The van der Waals surface area contributed by atoms with Crippen LogP contribution in [0.15, 0.2) is 17.7 Å². The number of fused-ring (bicyclic) bond motifs is 1. The highest BCUT2D eigenvalue weighted by Crippen LogP contribution is 2.31. The third-order valence-corrected chi connectivity index (χ3v) is 3.23. The smallest absolute Gasteiger partial charge is 0.331 e. The van der Waals surface area contributed by atoms with Gasteiger partial charge in [-0.15, -0.1) is 0 Å². The largest absolute Gasteiger partial charge is 0.478 e. The molecule has 0 aliphatic heterocycles. The Hall–Kier alpha value is -1.74. The predicted octanol–water partition coefficient (Wildman–Crippen LogP) is 3.93. The molecular formula is C14H14ClNO2. The Labute approximate surface area is 110 Å². The fourth-order valence-electron chi connectivity index (χ4n) is 2.13. The summed E-state index contributed by atoms with van der Waals surface area (Å²) in [7, 11) is 0. The minimum Gasteiger partial charge on any atom is -0.478 e. The van der Waals surface area contributed by atoms with Gasteiger partial charge in [0.25, 0.3) is 0 Å². The van der Waals surface area contributed by atoms with Gasteiger partial charge in [0.15, 0.2) is 0 Å². The third kappa shape index (κ3) is 2.14. The number of carboxylic acids is 1. The van der Waals surface area contributed by atoms with Gasteiger partial charge in [-0.3, -0.25) is 0 Å². The molecule has 0 aliphatic rings. The van der Waals surface area contributed by atoms with Gasteiger partial charge >= 0.3 is 5.97 Å². The van der Waals surface area contributed by atoms with E-state index in [2.05, 4.69) is 11.1 Å². The number of aryl methyl sites for hydroxylation is 2. The molecule has 1 heterocycles. The minimum absolute atomic E-state index is 0.262. The first-order valence-corrected chi connectivity index (χ1v) is 5.98. The maximum Gasteiger partial charge on any atom is 0.331 e. The molecule has 4 heteroatoms. The lowest BCUT2D eigenvalue weighted by atomic mass is 10.0. The van der Waals surface area contributed by atoms with Crippen LogP contribution in [0.1, 0.15) is 23.6 Å². The molecule has 0 unspecified atom stereocenters. The molecule has 0 fully saturated rings. The Morgan fingerprint density at radius 3 is 2.67 bits per heavy atom. The molecular weight excluding hydrogens is 250 g/mol. The van der Waals surface area contributed by atoms with Gasteiger partial charge in [0.2, 0.25) is 0 Å². The quantitative estimate of drug-likeness (QED) is 0.807. The van der Waals surface area contributed by atoms with Crippen LogP contribution in [0.3, 0.4) is 0 Å². The summed E-state index contributed by atoms with van der Waals surface area (Å²) in [5, 5.41) is 10.4. The molecule has 0 bridgehead atoms. The Bertz CT molecular complexity index is 668. The fraction of sp³-hybridized carbons (Fsp3) is 0.214. The summed E-state index contributed by atoms with van der Waals surface area (Å²) in [6, 6.07) is 4.06. The monoisotopic (exact) mass is 263 g/mol. The van der Waals surface area contributed by atoms with Crippen LogP contribution in [0.25, 0.3) is 17.0 Å². The van der Waals surface area contributed by atoms with Crippen LogP contribution in [0.5, 0.6) is 0 Å². The zero-order valence-corrected chi connectivity index (χ0v) is 11.2. The van der Waals surface area contributed by atoms with E-state index in [4.69, 9.17) is 16.7 Å². The summed E-state index contributed by atoms with van der Waals surface area (Å²) >= 11 is 6.15. The van der Waals surface area contributed by atoms with Crippen molar-refractivity contribution in [2.24, 2.45) is 0 Å². The van der Waals surface area contributed by atoms with E-state index in [1.54, 1.807) is 13.0 Å². The van der Waals surface area contributed by atoms with Crippen molar-refractivity contribution in [3.63, 3.8) is 0 Å². The van der Waals surface area contributed by atoms with Gasteiger partial charge in [-0.2, -0.15) is 0 Å². The molecule has 18 heavy (non-hydrogen) atoms.